The van der Waals surface area contributed by atoms with Crippen molar-refractivity contribution in [3.63, 3.8) is 0 Å². The molecule has 1 aromatic carbocycles. The summed E-state index contributed by atoms with van der Waals surface area (Å²) in [6, 6.07) is 6.61. The van der Waals surface area contributed by atoms with Gasteiger partial charge in [0, 0.05) is 23.7 Å². The smallest absolute Gasteiger partial charge is 0.254 e. The second kappa shape index (κ2) is 7.50. The summed E-state index contributed by atoms with van der Waals surface area (Å²) in [5.74, 6) is 0.680. The number of aryl methyl sites for hydroxylation is 1. The average Bonchev–Trinajstić information content (AvgIpc) is 3.40. The molecule has 2 amide bonds. The van der Waals surface area contributed by atoms with Crippen LogP contribution in [0.5, 0.6) is 0 Å². The molecule has 3 aromatic rings. The zero-order valence-electron chi connectivity index (χ0n) is 16.9. The number of hydrogen-bond acceptors (Lipinski definition) is 6. The molecule has 1 saturated carbocycles. The van der Waals surface area contributed by atoms with Gasteiger partial charge in [0.05, 0.1) is 18.3 Å². The van der Waals surface area contributed by atoms with Crippen LogP contribution in [0, 0.1) is 18.7 Å². The SMILES string of the molecule is Cc1ccc(F)c(Nc2cc(NCC3CC3)n3ncc(C=C4CC(=O)NC4=O)c3n2)c1. The van der Waals surface area contributed by atoms with Gasteiger partial charge in [0.15, 0.2) is 5.65 Å². The minimum Gasteiger partial charge on any atom is -0.370 e. The summed E-state index contributed by atoms with van der Waals surface area (Å²) in [7, 11) is 0. The van der Waals surface area contributed by atoms with E-state index in [-0.39, 0.29) is 18.1 Å². The first-order valence-electron chi connectivity index (χ1n) is 10.2. The van der Waals surface area contributed by atoms with Gasteiger partial charge in [-0.1, -0.05) is 6.07 Å². The number of aromatic nitrogens is 3. The molecule has 3 heterocycles. The van der Waals surface area contributed by atoms with E-state index in [2.05, 4.69) is 26.0 Å². The Morgan fingerprint density at radius 3 is 2.87 bits per heavy atom. The molecule has 9 heteroatoms. The molecule has 5 rings (SSSR count). The summed E-state index contributed by atoms with van der Waals surface area (Å²) in [5.41, 5.74) is 2.70. The number of fused-ring (bicyclic) bond motifs is 1. The van der Waals surface area contributed by atoms with Crippen LogP contribution in [0.2, 0.25) is 0 Å². The quantitative estimate of drug-likeness (QED) is 0.418. The molecule has 2 aromatic heterocycles. The van der Waals surface area contributed by atoms with E-state index in [9.17, 15) is 14.0 Å². The normalized spacial score (nSPS) is 17.4. The third kappa shape index (κ3) is 3.98. The molecule has 8 nitrogen and oxygen atoms in total. The zero-order valence-corrected chi connectivity index (χ0v) is 16.9. The van der Waals surface area contributed by atoms with E-state index >= 15 is 0 Å². The van der Waals surface area contributed by atoms with Gasteiger partial charge >= 0.3 is 0 Å². The van der Waals surface area contributed by atoms with E-state index in [0.717, 1.165) is 12.1 Å². The first-order valence-corrected chi connectivity index (χ1v) is 10.2. The maximum atomic E-state index is 14.3. The molecule has 3 N–H and O–H groups in total. The Labute approximate surface area is 177 Å². The molecule has 1 aliphatic carbocycles. The molecule has 1 aliphatic heterocycles. The van der Waals surface area contributed by atoms with Gasteiger partial charge in [-0.2, -0.15) is 9.61 Å². The van der Waals surface area contributed by atoms with Crippen molar-refractivity contribution in [1.82, 2.24) is 19.9 Å². The van der Waals surface area contributed by atoms with Crippen molar-refractivity contribution in [1.29, 1.82) is 0 Å². The summed E-state index contributed by atoms with van der Waals surface area (Å²) in [6.45, 7) is 2.70. The molecule has 0 bridgehead atoms. The van der Waals surface area contributed by atoms with Crippen LogP contribution in [0.4, 0.5) is 21.7 Å². The highest BCUT2D eigenvalue weighted by Gasteiger charge is 2.25. The number of halogens is 1. The summed E-state index contributed by atoms with van der Waals surface area (Å²) >= 11 is 0. The molecule has 158 valence electrons. The lowest BCUT2D eigenvalue weighted by molar-refractivity contribution is -0.124. The number of anilines is 3. The van der Waals surface area contributed by atoms with Crippen molar-refractivity contribution in [3.8, 4) is 0 Å². The van der Waals surface area contributed by atoms with E-state index < -0.39 is 5.91 Å². The van der Waals surface area contributed by atoms with E-state index in [1.54, 1.807) is 35.0 Å². The Morgan fingerprint density at radius 1 is 1.29 bits per heavy atom. The second-order valence-electron chi connectivity index (χ2n) is 8.02. The van der Waals surface area contributed by atoms with Crippen LogP contribution in [0.3, 0.4) is 0 Å². The van der Waals surface area contributed by atoms with Crippen LogP contribution in [-0.4, -0.2) is 33.0 Å². The Balaban J connectivity index is 1.56. The highest BCUT2D eigenvalue weighted by Crippen LogP contribution is 2.30. The zero-order chi connectivity index (χ0) is 21.5. The molecule has 0 radical (unpaired) electrons. The number of nitrogens with one attached hydrogen (secondary N) is 3. The lowest BCUT2D eigenvalue weighted by Gasteiger charge is -2.12. The minimum absolute atomic E-state index is 0.0232. The Morgan fingerprint density at radius 2 is 2.13 bits per heavy atom. The maximum Gasteiger partial charge on any atom is 0.254 e. The molecule has 0 atom stereocenters. The van der Waals surface area contributed by atoms with Crippen LogP contribution in [-0.2, 0) is 9.59 Å². The Kier molecular flexibility index (Phi) is 4.65. The van der Waals surface area contributed by atoms with Gasteiger partial charge in [0.1, 0.15) is 17.5 Å². The Bertz CT molecular complexity index is 1240. The summed E-state index contributed by atoms with van der Waals surface area (Å²) in [4.78, 5) is 28.1. The first kappa shape index (κ1) is 19.2. The summed E-state index contributed by atoms with van der Waals surface area (Å²) in [5, 5.41) is 13.1. The first-order chi connectivity index (χ1) is 15.0. The van der Waals surface area contributed by atoms with Gasteiger partial charge in [-0.3, -0.25) is 14.9 Å². The third-order valence-electron chi connectivity index (χ3n) is 5.38. The monoisotopic (exact) mass is 420 g/mol. The van der Waals surface area contributed by atoms with Crippen LogP contribution in [0.15, 0.2) is 36.0 Å². The predicted octanol–water partition coefficient (Wildman–Crippen LogP) is 3.17. The molecule has 2 aliphatic rings. The van der Waals surface area contributed by atoms with Crippen LogP contribution in [0.25, 0.3) is 11.7 Å². The van der Waals surface area contributed by atoms with Crippen molar-refractivity contribution in [2.45, 2.75) is 26.2 Å². The number of rotatable bonds is 6. The number of carbonyl (C=O) groups excluding carboxylic acids is 2. The maximum absolute atomic E-state index is 14.3. The van der Waals surface area contributed by atoms with E-state index in [0.29, 0.717) is 40.0 Å². The standard InChI is InChI=1S/C22H21FN6O2/c1-12-2-5-16(23)17(6-12)26-18-9-19(24-10-13-3-4-13)29-21(27-18)15(11-25-29)7-14-8-20(30)28-22(14)31/h2,5-7,9,11,13,24H,3-4,8,10H2,1H3,(H,26,27)(H,28,30,31). The number of amides is 2. The molecule has 2 fully saturated rings. The minimum atomic E-state index is -0.410. The molecule has 31 heavy (non-hydrogen) atoms. The lowest BCUT2D eigenvalue weighted by atomic mass is 10.1. The van der Waals surface area contributed by atoms with Crippen molar-refractivity contribution in [3.05, 3.63) is 53.0 Å². The fourth-order valence-corrected chi connectivity index (χ4v) is 3.52. The van der Waals surface area contributed by atoms with Gasteiger partial charge in [-0.05, 0) is 49.5 Å². The predicted molar refractivity (Wildman–Crippen MR) is 114 cm³/mol. The number of nitrogens with zero attached hydrogens (tertiary/aromatic N) is 3. The molecule has 1 saturated heterocycles. The van der Waals surface area contributed by atoms with E-state index in [1.807, 2.05) is 6.92 Å². The molecule has 0 unspecified atom stereocenters. The number of carbonyl (C=O) groups is 2. The molecular formula is C22H21FN6O2. The van der Waals surface area contributed by atoms with Crippen molar-refractivity contribution in [2.75, 3.05) is 17.2 Å². The summed E-state index contributed by atoms with van der Waals surface area (Å²) < 4.78 is 15.9. The number of hydrogen-bond donors (Lipinski definition) is 3. The largest absolute Gasteiger partial charge is 0.370 e. The molecule has 0 spiro atoms. The van der Waals surface area contributed by atoms with Gasteiger partial charge in [0.25, 0.3) is 5.91 Å². The highest BCUT2D eigenvalue weighted by molar-refractivity contribution is 6.15. The number of benzene rings is 1. The number of imide groups is 1. The fourth-order valence-electron chi connectivity index (χ4n) is 3.52. The van der Waals surface area contributed by atoms with Gasteiger partial charge < -0.3 is 10.6 Å². The highest BCUT2D eigenvalue weighted by atomic mass is 19.1. The van der Waals surface area contributed by atoms with Gasteiger partial charge in [-0.15, -0.1) is 0 Å². The van der Waals surface area contributed by atoms with Gasteiger partial charge in [-0.25, -0.2) is 9.37 Å². The Hall–Kier alpha value is -3.75. The van der Waals surface area contributed by atoms with Crippen LogP contribution < -0.4 is 16.0 Å². The topological polar surface area (TPSA) is 100 Å². The fraction of sp³-hybridized carbons (Fsp3) is 0.273. The van der Waals surface area contributed by atoms with Crippen molar-refractivity contribution < 1.29 is 14.0 Å². The molecular weight excluding hydrogens is 399 g/mol. The average molecular weight is 420 g/mol. The van der Waals surface area contributed by atoms with E-state index in [1.165, 1.54) is 18.9 Å². The van der Waals surface area contributed by atoms with Crippen molar-refractivity contribution >= 4 is 40.9 Å². The lowest BCUT2D eigenvalue weighted by Crippen LogP contribution is -2.19. The van der Waals surface area contributed by atoms with Crippen molar-refractivity contribution in [2.24, 2.45) is 5.92 Å². The van der Waals surface area contributed by atoms with E-state index in [4.69, 9.17) is 0 Å². The van der Waals surface area contributed by atoms with Gasteiger partial charge in [0.2, 0.25) is 5.91 Å². The third-order valence-corrected chi connectivity index (χ3v) is 5.38. The van der Waals surface area contributed by atoms with Crippen LogP contribution >= 0.6 is 0 Å². The second-order valence-corrected chi connectivity index (χ2v) is 8.02. The van der Waals surface area contributed by atoms with Crippen LogP contribution in [0.1, 0.15) is 30.4 Å². The summed E-state index contributed by atoms with van der Waals surface area (Å²) in [6.07, 6.45) is 5.64.